The summed E-state index contributed by atoms with van der Waals surface area (Å²) in [5.41, 5.74) is 2.84. The number of urea groups is 2. The number of carbonyl (C=O) groups excluding carboxylic acids is 4. The Kier molecular flexibility index (Phi) is 10.5. The molecule has 0 fully saturated rings. The molecule has 0 saturated heterocycles. The van der Waals surface area contributed by atoms with Crippen molar-refractivity contribution < 1.29 is 28.7 Å². The summed E-state index contributed by atoms with van der Waals surface area (Å²) < 4.78 is 14.1. The molecule has 12 nitrogen and oxygen atoms in total. The molecule has 4 N–H and O–H groups in total. The Labute approximate surface area is 296 Å². The molecule has 0 radical (unpaired) electrons. The molecule has 0 spiro atoms. The number of hydrogen-bond acceptors (Lipinski definition) is 6. The van der Waals surface area contributed by atoms with Crippen LogP contribution >= 0.6 is 0 Å². The standard InChI is InChI=1S/C39H44N6O6/c1-25(31-24-45(37(49)51-39(5,6)7)33-15-11-9-13-30(31)33)22-41-35(47)43-28-18-16-27(17-19-28)42-34(46)40-21-20-26-23-44(36(48)50-38(2,3)4)32-14-10-8-12-29(26)32/h8-21,23-25H,22H2,1-7H3,(H2,40,42,46)(H2,41,43,47)/b21-20+. The van der Waals surface area contributed by atoms with Gasteiger partial charge in [0.05, 0.1) is 11.0 Å². The Bertz CT molecular complexity index is 2100. The summed E-state index contributed by atoms with van der Waals surface area (Å²) in [6.07, 6.45) is 5.68. The molecule has 0 saturated carbocycles. The third-order valence-corrected chi connectivity index (χ3v) is 7.64. The number of ether oxygens (including phenoxy) is 2. The number of anilines is 2. The van der Waals surface area contributed by atoms with E-state index in [1.807, 2.05) is 97.0 Å². The van der Waals surface area contributed by atoms with Gasteiger partial charge in [0.1, 0.15) is 11.2 Å². The zero-order chi connectivity index (χ0) is 36.9. The van der Waals surface area contributed by atoms with Gasteiger partial charge in [-0.3, -0.25) is 9.13 Å². The largest absolute Gasteiger partial charge is 0.443 e. The molecule has 3 aromatic carbocycles. The summed E-state index contributed by atoms with van der Waals surface area (Å²) in [7, 11) is 0. The number of benzene rings is 3. The van der Waals surface area contributed by atoms with Crippen LogP contribution < -0.4 is 21.3 Å². The first kappa shape index (κ1) is 36.2. The number of carbonyl (C=O) groups is 4. The maximum atomic E-state index is 12.9. The Hall–Kier alpha value is -6.04. The van der Waals surface area contributed by atoms with E-state index in [1.54, 1.807) is 42.7 Å². The van der Waals surface area contributed by atoms with Crippen LogP contribution in [0.5, 0.6) is 0 Å². The minimum Gasteiger partial charge on any atom is -0.443 e. The quantitative estimate of drug-likeness (QED) is 0.134. The molecule has 5 rings (SSSR count). The topological polar surface area (TPSA) is 145 Å². The second-order valence-electron chi connectivity index (χ2n) is 14.1. The first-order valence-electron chi connectivity index (χ1n) is 16.6. The Morgan fingerprint density at radius 2 is 1.18 bits per heavy atom. The van der Waals surface area contributed by atoms with Crippen molar-refractivity contribution in [1.82, 2.24) is 19.8 Å². The predicted molar refractivity (Wildman–Crippen MR) is 200 cm³/mol. The van der Waals surface area contributed by atoms with Crippen LogP contribution in [-0.4, -0.2) is 51.1 Å². The van der Waals surface area contributed by atoms with Gasteiger partial charge in [0.15, 0.2) is 0 Å². The lowest BCUT2D eigenvalue weighted by Crippen LogP contribution is -2.31. The highest BCUT2D eigenvalue weighted by atomic mass is 16.6. The van der Waals surface area contributed by atoms with E-state index in [4.69, 9.17) is 9.47 Å². The van der Waals surface area contributed by atoms with Crippen molar-refractivity contribution in [2.24, 2.45) is 0 Å². The Morgan fingerprint density at radius 1 is 0.686 bits per heavy atom. The van der Waals surface area contributed by atoms with Crippen LogP contribution in [0.15, 0.2) is 91.4 Å². The number of para-hydroxylation sites is 2. The molecule has 0 aliphatic rings. The van der Waals surface area contributed by atoms with E-state index in [0.29, 0.717) is 23.4 Å². The minimum atomic E-state index is -0.644. The van der Waals surface area contributed by atoms with Crippen molar-refractivity contribution >= 4 is 63.5 Å². The molecule has 1 atom stereocenters. The average Bonchev–Trinajstić information content (AvgIpc) is 3.63. The highest BCUT2D eigenvalue weighted by molar-refractivity contribution is 5.97. The van der Waals surface area contributed by atoms with Crippen LogP contribution in [0.3, 0.4) is 0 Å². The van der Waals surface area contributed by atoms with Crippen molar-refractivity contribution in [2.75, 3.05) is 17.2 Å². The zero-order valence-corrected chi connectivity index (χ0v) is 29.9. The first-order valence-corrected chi connectivity index (χ1v) is 16.6. The lowest BCUT2D eigenvalue weighted by atomic mass is 10.0. The van der Waals surface area contributed by atoms with Crippen LogP contribution in [0.4, 0.5) is 30.6 Å². The van der Waals surface area contributed by atoms with Gasteiger partial charge in [-0.25, -0.2) is 19.2 Å². The maximum absolute atomic E-state index is 12.9. The summed E-state index contributed by atoms with van der Waals surface area (Å²) in [6.45, 7) is 13.2. The molecule has 0 aliphatic heterocycles. The van der Waals surface area contributed by atoms with Crippen LogP contribution in [0.1, 0.15) is 65.5 Å². The Morgan fingerprint density at radius 3 is 1.75 bits per heavy atom. The van der Waals surface area contributed by atoms with Crippen molar-refractivity contribution in [1.29, 1.82) is 0 Å². The van der Waals surface area contributed by atoms with Crippen LogP contribution in [0.25, 0.3) is 27.9 Å². The van der Waals surface area contributed by atoms with Crippen molar-refractivity contribution in [3.05, 3.63) is 103 Å². The van der Waals surface area contributed by atoms with Gasteiger partial charge in [-0.05, 0) is 89.6 Å². The molecule has 0 aliphatic carbocycles. The lowest BCUT2D eigenvalue weighted by Gasteiger charge is -2.19. The fraction of sp³-hybridized carbons (Fsp3) is 0.282. The smallest absolute Gasteiger partial charge is 0.419 e. The first-order chi connectivity index (χ1) is 24.1. The van der Waals surface area contributed by atoms with Gasteiger partial charge in [-0.15, -0.1) is 0 Å². The molecule has 0 bridgehead atoms. The second-order valence-corrected chi connectivity index (χ2v) is 14.1. The molecular weight excluding hydrogens is 648 g/mol. The summed E-state index contributed by atoms with van der Waals surface area (Å²) in [6, 6.07) is 20.8. The molecule has 5 aromatic rings. The molecule has 4 amide bonds. The van der Waals surface area contributed by atoms with Gasteiger partial charge in [-0.1, -0.05) is 43.3 Å². The summed E-state index contributed by atoms with van der Waals surface area (Å²) in [4.78, 5) is 51.0. The number of hydrogen-bond donors (Lipinski definition) is 4. The maximum Gasteiger partial charge on any atom is 0.419 e. The van der Waals surface area contributed by atoms with Crippen molar-refractivity contribution in [3.63, 3.8) is 0 Å². The van der Waals surface area contributed by atoms with Crippen LogP contribution in [-0.2, 0) is 9.47 Å². The van der Waals surface area contributed by atoms with E-state index in [-0.39, 0.29) is 5.92 Å². The molecule has 2 heterocycles. The summed E-state index contributed by atoms with van der Waals surface area (Å²) >= 11 is 0. The van der Waals surface area contributed by atoms with E-state index in [1.165, 1.54) is 15.3 Å². The molecular formula is C39H44N6O6. The fourth-order valence-corrected chi connectivity index (χ4v) is 5.40. The number of rotatable bonds is 7. The van der Waals surface area contributed by atoms with E-state index in [9.17, 15) is 19.2 Å². The normalized spacial score (nSPS) is 12.5. The van der Waals surface area contributed by atoms with Crippen molar-refractivity contribution in [3.8, 4) is 0 Å². The van der Waals surface area contributed by atoms with Crippen LogP contribution in [0.2, 0.25) is 0 Å². The molecule has 51 heavy (non-hydrogen) atoms. The van der Waals surface area contributed by atoms with Gasteiger partial charge in [0.2, 0.25) is 0 Å². The predicted octanol–water partition coefficient (Wildman–Crippen LogP) is 8.88. The lowest BCUT2D eigenvalue weighted by molar-refractivity contribution is 0.0533. The minimum absolute atomic E-state index is 0.105. The molecule has 12 heteroatoms. The third-order valence-electron chi connectivity index (χ3n) is 7.64. The SMILES string of the molecule is CC(CNC(=O)Nc1ccc(NC(=O)N/C=C/c2cn(C(=O)OC(C)(C)C)c3ccccc23)cc1)c1cn(C(=O)OC(C)(C)C)c2ccccc12. The van der Waals surface area contributed by atoms with E-state index < -0.39 is 35.5 Å². The average molecular weight is 693 g/mol. The van der Waals surface area contributed by atoms with Crippen molar-refractivity contribution in [2.45, 2.75) is 65.6 Å². The fourth-order valence-electron chi connectivity index (χ4n) is 5.40. The molecule has 1 unspecified atom stereocenters. The van der Waals surface area contributed by atoms with Gasteiger partial charge >= 0.3 is 24.2 Å². The highest BCUT2D eigenvalue weighted by Crippen LogP contribution is 2.29. The van der Waals surface area contributed by atoms with Crippen LogP contribution in [0, 0.1) is 0 Å². The second kappa shape index (κ2) is 14.8. The monoisotopic (exact) mass is 692 g/mol. The Balaban J connectivity index is 1.13. The van der Waals surface area contributed by atoms with E-state index in [0.717, 1.165) is 27.4 Å². The van der Waals surface area contributed by atoms with E-state index in [2.05, 4.69) is 21.3 Å². The number of fused-ring (bicyclic) bond motifs is 2. The molecule has 2 aromatic heterocycles. The molecule has 266 valence electrons. The van der Waals surface area contributed by atoms with Gasteiger partial charge in [0.25, 0.3) is 0 Å². The number of amides is 4. The number of aromatic nitrogens is 2. The summed E-state index contributed by atoms with van der Waals surface area (Å²) in [5, 5.41) is 12.9. The third kappa shape index (κ3) is 9.35. The van der Waals surface area contributed by atoms with E-state index >= 15 is 0 Å². The number of nitrogens with zero attached hydrogens (tertiary/aromatic N) is 2. The van der Waals surface area contributed by atoms with Gasteiger partial charge in [-0.2, -0.15) is 0 Å². The number of nitrogens with one attached hydrogen (secondary N) is 4. The van der Waals surface area contributed by atoms with Gasteiger partial charge < -0.3 is 30.7 Å². The summed E-state index contributed by atoms with van der Waals surface area (Å²) in [5.74, 6) is -0.105. The zero-order valence-electron chi connectivity index (χ0n) is 29.9. The highest BCUT2D eigenvalue weighted by Gasteiger charge is 2.23. The van der Waals surface area contributed by atoms with Gasteiger partial charge in [0, 0.05) is 58.8 Å².